The molecule has 0 spiro atoms. The topological polar surface area (TPSA) is 71.9 Å². The van der Waals surface area contributed by atoms with Gasteiger partial charge in [0.2, 0.25) is 0 Å². The molecule has 0 unspecified atom stereocenters. The summed E-state index contributed by atoms with van der Waals surface area (Å²) in [5, 5.41) is 21.1. The second-order valence-electron chi connectivity index (χ2n) is 7.66. The Hall–Kier alpha value is -3.79. The Labute approximate surface area is 207 Å². The van der Waals surface area contributed by atoms with Gasteiger partial charge in [-0.1, -0.05) is 41.6 Å². The van der Waals surface area contributed by atoms with E-state index in [0.29, 0.717) is 16.2 Å². The van der Waals surface area contributed by atoms with Crippen LogP contribution in [0.15, 0.2) is 88.7 Å². The standard InChI is InChI=1S/C27H20ClN3O2S/c1-18-15-20(16-21(17-29)26-5-3-4-6-27(26)28)19(2)30(18)22-7-11-24(12-8-22)34-25-13-9-23(10-14-25)31(32)33/h3-16H,1-2H3. The molecule has 0 atom stereocenters. The first-order valence-corrected chi connectivity index (χ1v) is 11.6. The molecule has 0 aliphatic carbocycles. The molecule has 0 aliphatic rings. The van der Waals surface area contributed by atoms with Gasteiger partial charge in [0.15, 0.2) is 0 Å². The highest BCUT2D eigenvalue weighted by Gasteiger charge is 2.13. The monoisotopic (exact) mass is 485 g/mol. The average molecular weight is 486 g/mol. The molecule has 1 aromatic heterocycles. The molecule has 4 rings (SSSR count). The third-order valence-corrected chi connectivity index (χ3v) is 6.78. The van der Waals surface area contributed by atoms with E-state index >= 15 is 0 Å². The number of nitro benzene ring substituents is 1. The maximum atomic E-state index is 10.8. The van der Waals surface area contributed by atoms with Gasteiger partial charge in [0.1, 0.15) is 0 Å². The van der Waals surface area contributed by atoms with Crippen LogP contribution in [0.4, 0.5) is 5.69 Å². The van der Waals surface area contributed by atoms with Crippen LogP contribution in [0.2, 0.25) is 5.02 Å². The van der Waals surface area contributed by atoms with E-state index in [9.17, 15) is 15.4 Å². The number of nitriles is 1. The van der Waals surface area contributed by atoms with E-state index in [4.69, 9.17) is 11.6 Å². The Kier molecular flexibility index (Phi) is 6.87. The number of allylic oxidation sites excluding steroid dienone is 1. The van der Waals surface area contributed by atoms with E-state index in [0.717, 1.165) is 32.4 Å². The number of halogens is 1. The second-order valence-corrected chi connectivity index (χ2v) is 9.21. The number of aromatic nitrogens is 1. The van der Waals surface area contributed by atoms with Gasteiger partial charge >= 0.3 is 0 Å². The summed E-state index contributed by atoms with van der Waals surface area (Å²) in [6.07, 6.45) is 1.87. The highest BCUT2D eigenvalue weighted by atomic mass is 35.5. The molecule has 0 saturated heterocycles. The van der Waals surface area contributed by atoms with Crippen molar-refractivity contribution in [2.75, 3.05) is 0 Å². The lowest BCUT2D eigenvalue weighted by atomic mass is 10.0. The molecule has 0 aliphatic heterocycles. The molecule has 0 bridgehead atoms. The fourth-order valence-corrected chi connectivity index (χ4v) is 4.83. The molecule has 0 saturated carbocycles. The number of benzene rings is 3. The molecule has 3 aromatic carbocycles. The SMILES string of the molecule is Cc1cc(C=C(C#N)c2ccccc2Cl)c(C)n1-c1ccc(Sc2ccc([N+](=O)[O-])cc2)cc1. The quantitative estimate of drug-likeness (QED) is 0.158. The first kappa shape index (κ1) is 23.4. The van der Waals surface area contributed by atoms with Crippen molar-refractivity contribution in [3.63, 3.8) is 0 Å². The predicted molar refractivity (Wildman–Crippen MR) is 137 cm³/mol. The molecule has 34 heavy (non-hydrogen) atoms. The molecule has 0 radical (unpaired) electrons. The van der Waals surface area contributed by atoms with E-state index in [-0.39, 0.29) is 5.69 Å². The van der Waals surface area contributed by atoms with Crippen molar-refractivity contribution in [1.29, 1.82) is 5.26 Å². The summed E-state index contributed by atoms with van der Waals surface area (Å²) in [4.78, 5) is 12.4. The van der Waals surface area contributed by atoms with Crippen molar-refractivity contribution in [3.05, 3.63) is 117 Å². The van der Waals surface area contributed by atoms with Gasteiger partial charge in [0, 0.05) is 49.6 Å². The normalized spacial score (nSPS) is 11.3. The van der Waals surface area contributed by atoms with Crippen molar-refractivity contribution in [2.45, 2.75) is 23.6 Å². The smallest absolute Gasteiger partial charge is 0.269 e. The van der Waals surface area contributed by atoms with Crippen LogP contribution >= 0.6 is 23.4 Å². The second kappa shape index (κ2) is 10.0. The van der Waals surface area contributed by atoms with Gasteiger partial charge < -0.3 is 4.57 Å². The largest absolute Gasteiger partial charge is 0.318 e. The summed E-state index contributed by atoms with van der Waals surface area (Å²) < 4.78 is 2.15. The summed E-state index contributed by atoms with van der Waals surface area (Å²) in [5.74, 6) is 0. The lowest BCUT2D eigenvalue weighted by Gasteiger charge is -2.11. The van der Waals surface area contributed by atoms with Gasteiger partial charge in [0.05, 0.1) is 16.6 Å². The first-order chi connectivity index (χ1) is 16.4. The minimum absolute atomic E-state index is 0.0807. The minimum Gasteiger partial charge on any atom is -0.318 e. The number of aryl methyl sites for hydroxylation is 1. The molecule has 4 aromatic rings. The van der Waals surface area contributed by atoms with E-state index in [1.54, 1.807) is 30.0 Å². The van der Waals surface area contributed by atoms with Crippen LogP contribution < -0.4 is 0 Å². The molecule has 5 nitrogen and oxygen atoms in total. The summed E-state index contributed by atoms with van der Waals surface area (Å²) in [5.41, 5.74) is 5.35. The zero-order chi connectivity index (χ0) is 24.2. The fourth-order valence-electron chi connectivity index (χ4n) is 3.77. The van der Waals surface area contributed by atoms with Crippen LogP contribution in [-0.4, -0.2) is 9.49 Å². The van der Waals surface area contributed by atoms with Crippen LogP contribution in [-0.2, 0) is 0 Å². The fraction of sp³-hybridized carbons (Fsp3) is 0.0741. The summed E-state index contributed by atoms with van der Waals surface area (Å²) in [6, 6.07) is 26.3. The molecular formula is C27H20ClN3O2S. The van der Waals surface area contributed by atoms with Gasteiger partial charge in [-0.15, -0.1) is 0 Å². The number of nitrogens with zero attached hydrogens (tertiary/aromatic N) is 3. The van der Waals surface area contributed by atoms with Gasteiger partial charge in [-0.2, -0.15) is 5.26 Å². The summed E-state index contributed by atoms with van der Waals surface area (Å²) >= 11 is 7.85. The predicted octanol–water partition coefficient (Wildman–Crippen LogP) is 7.87. The molecule has 7 heteroatoms. The van der Waals surface area contributed by atoms with Crippen molar-refractivity contribution >= 4 is 40.7 Å². The third kappa shape index (κ3) is 4.91. The molecule has 1 heterocycles. The van der Waals surface area contributed by atoms with Crippen molar-refractivity contribution < 1.29 is 4.92 Å². The van der Waals surface area contributed by atoms with E-state index in [1.165, 1.54) is 12.1 Å². The van der Waals surface area contributed by atoms with Crippen LogP contribution in [0, 0.1) is 35.3 Å². The Morgan fingerprint density at radius 1 is 1.03 bits per heavy atom. The first-order valence-electron chi connectivity index (χ1n) is 10.5. The lowest BCUT2D eigenvalue weighted by molar-refractivity contribution is -0.384. The Morgan fingerprint density at radius 2 is 1.65 bits per heavy atom. The van der Waals surface area contributed by atoms with Gasteiger partial charge in [-0.3, -0.25) is 10.1 Å². The third-order valence-electron chi connectivity index (χ3n) is 5.43. The van der Waals surface area contributed by atoms with Crippen molar-refractivity contribution in [1.82, 2.24) is 4.57 Å². The highest BCUT2D eigenvalue weighted by molar-refractivity contribution is 7.99. The van der Waals surface area contributed by atoms with Crippen LogP contribution in [0.1, 0.15) is 22.5 Å². The zero-order valence-corrected chi connectivity index (χ0v) is 20.1. The molecule has 0 fully saturated rings. The zero-order valence-electron chi connectivity index (χ0n) is 18.5. The minimum atomic E-state index is -0.400. The summed E-state index contributed by atoms with van der Waals surface area (Å²) in [7, 11) is 0. The Morgan fingerprint density at radius 3 is 2.24 bits per heavy atom. The Bertz CT molecular complexity index is 1430. The summed E-state index contributed by atoms with van der Waals surface area (Å²) in [6.45, 7) is 4.06. The van der Waals surface area contributed by atoms with Crippen molar-refractivity contribution in [2.24, 2.45) is 0 Å². The van der Waals surface area contributed by atoms with Gasteiger partial charge in [-0.05, 0) is 74.0 Å². The number of rotatable bonds is 6. The van der Waals surface area contributed by atoms with Crippen LogP contribution in [0.3, 0.4) is 0 Å². The maximum Gasteiger partial charge on any atom is 0.269 e. The number of hydrogen-bond donors (Lipinski definition) is 0. The number of nitro groups is 1. The average Bonchev–Trinajstić information content (AvgIpc) is 3.11. The molecular weight excluding hydrogens is 466 g/mol. The lowest BCUT2D eigenvalue weighted by Crippen LogP contribution is -1.98. The van der Waals surface area contributed by atoms with Crippen LogP contribution in [0.5, 0.6) is 0 Å². The highest BCUT2D eigenvalue weighted by Crippen LogP contribution is 2.31. The molecule has 0 N–H and O–H groups in total. The maximum absolute atomic E-state index is 10.8. The van der Waals surface area contributed by atoms with Gasteiger partial charge in [-0.25, -0.2) is 0 Å². The van der Waals surface area contributed by atoms with E-state index < -0.39 is 4.92 Å². The van der Waals surface area contributed by atoms with Crippen LogP contribution in [0.25, 0.3) is 17.3 Å². The van der Waals surface area contributed by atoms with Gasteiger partial charge in [0.25, 0.3) is 5.69 Å². The molecule has 168 valence electrons. The van der Waals surface area contributed by atoms with E-state index in [2.05, 4.69) is 16.7 Å². The Balaban J connectivity index is 1.60. The number of hydrogen-bond acceptors (Lipinski definition) is 4. The molecule has 0 amide bonds. The van der Waals surface area contributed by atoms with E-state index in [1.807, 2.05) is 62.4 Å². The number of non-ortho nitro benzene ring substituents is 1. The van der Waals surface area contributed by atoms with Crippen molar-refractivity contribution in [3.8, 4) is 11.8 Å².